The van der Waals surface area contributed by atoms with E-state index in [1.807, 2.05) is 37.3 Å². The fourth-order valence-electron chi connectivity index (χ4n) is 3.60. The lowest BCUT2D eigenvalue weighted by Gasteiger charge is -2.32. The Kier molecular flexibility index (Phi) is 5.34. The summed E-state index contributed by atoms with van der Waals surface area (Å²) in [5.41, 5.74) is 3.34. The predicted octanol–water partition coefficient (Wildman–Crippen LogP) is 4.16. The highest BCUT2D eigenvalue weighted by Crippen LogP contribution is 2.32. The number of carbonyl (C=O) groups is 1. The Hall–Kier alpha value is -2.10. The summed E-state index contributed by atoms with van der Waals surface area (Å²) in [5.74, 6) is -0.0997. The molecule has 4 heteroatoms. The molecule has 1 aliphatic rings. The normalized spacial score (nSPS) is 20.8. The molecule has 0 N–H and O–H groups in total. The number of benzene rings is 1. The summed E-state index contributed by atoms with van der Waals surface area (Å²) in [7, 11) is 0. The molecular formula is C20H26N2O2. The van der Waals surface area contributed by atoms with Crippen molar-refractivity contribution in [1.82, 2.24) is 9.78 Å². The number of carbonyl (C=O) groups excluding carboxylic acids is 1. The highest BCUT2D eigenvalue weighted by atomic mass is 16.5. The summed E-state index contributed by atoms with van der Waals surface area (Å²) in [6.07, 6.45) is 5.35. The van der Waals surface area contributed by atoms with Gasteiger partial charge in [0.1, 0.15) is 6.10 Å². The van der Waals surface area contributed by atoms with Gasteiger partial charge in [-0.1, -0.05) is 36.8 Å². The van der Waals surface area contributed by atoms with Crippen molar-refractivity contribution in [2.45, 2.75) is 64.5 Å². The van der Waals surface area contributed by atoms with Gasteiger partial charge in [0, 0.05) is 12.1 Å². The summed E-state index contributed by atoms with van der Waals surface area (Å²) in [6.45, 7) is 4.08. The third-order valence-electron chi connectivity index (χ3n) is 4.77. The molecule has 3 rings (SSSR count). The fraction of sp³-hybridized carbons (Fsp3) is 0.500. The van der Waals surface area contributed by atoms with Crippen molar-refractivity contribution < 1.29 is 9.53 Å². The lowest BCUT2D eigenvalue weighted by Crippen LogP contribution is -2.33. The molecule has 0 unspecified atom stereocenters. The zero-order chi connectivity index (χ0) is 16.9. The Bertz CT molecular complexity index is 678. The number of hydrogen-bond acceptors (Lipinski definition) is 3. The van der Waals surface area contributed by atoms with Crippen molar-refractivity contribution in [3.8, 4) is 0 Å². The average molecular weight is 326 g/mol. The van der Waals surface area contributed by atoms with Gasteiger partial charge in [-0.2, -0.15) is 5.10 Å². The van der Waals surface area contributed by atoms with Crippen LogP contribution in [-0.2, 0) is 16.0 Å². The molecule has 0 amide bonds. The van der Waals surface area contributed by atoms with Gasteiger partial charge >= 0.3 is 5.97 Å². The van der Waals surface area contributed by atoms with Crippen molar-refractivity contribution in [3.63, 3.8) is 0 Å². The molecule has 1 aromatic heterocycles. The maximum Gasteiger partial charge on any atom is 0.306 e. The molecule has 128 valence electrons. The summed E-state index contributed by atoms with van der Waals surface area (Å²) < 4.78 is 7.90. The summed E-state index contributed by atoms with van der Waals surface area (Å²) in [4.78, 5) is 12.3. The van der Waals surface area contributed by atoms with Crippen LogP contribution in [0.1, 0.15) is 55.1 Å². The van der Waals surface area contributed by atoms with Crippen LogP contribution >= 0.6 is 0 Å². The average Bonchev–Trinajstić information content (AvgIpc) is 2.93. The number of ether oxygens (including phenoxy) is 1. The monoisotopic (exact) mass is 326 g/mol. The van der Waals surface area contributed by atoms with Gasteiger partial charge in [0.25, 0.3) is 0 Å². The number of esters is 1. The molecule has 0 bridgehead atoms. The minimum Gasteiger partial charge on any atom is -0.460 e. The van der Waals surface area contributed by atoms with Crippen LogP contribution in [0.5, 0.6) is 0 Å². The summed E-state index contributed by atoms with van der Waals surface area (Å²) >= 11 is 0. The number of aryl methyl sites for hydroxylation is 3. The van der Waals surface area contributed by atoms with Crippen LogP contribution in [0.15, 0.2) is 36.4 Å². The molecule has 0 spiro atoms. The topological polar surface area (TPSA) is 44.1 Å². The van der Waals surface area contributed by atoms with Crippen LogP contribution in [0.2, 0.25) is 0 Å². The summed E-state index contributed by atoms with van der Waals surface area (Å²) in [6, 6.07) is 12.3. The van der Waals surface area contributed by atoms with Gasteiger partial charge in [0.2, 0.25) is 0 Å². The van der Waals surface area contributed by atoms with Gasteiger partial charge in [-0.25, -0.2) is 0 Å². The molecule has 4 nitrogen and oxygen atoms in total. The van der Waals surface area contributed by atoms with E-state index in [1.54, 1.807) is 0 Å². The van der Waals surface area contributed by atoms with Crippen LogP contribution in [-0.4, -0.2) is 21.9 Å². The molecular weight excluding hydrogens is 300 g/mol. The molecule has 2 atom stereocenters. The van der Waals surface area contributed by atoms with Crippen molar-refractivity contribution in [2.75, 3.05) is 0 Å². The zero-order valence-electron chi connectivity index (χ0n) is 14.6. The van der Waals surface area contributed by atoms with E-state index >= 15 is 0 Å². The fourth-order valence-corrected chi connectivity index (χ4v) is 3.60. The minimum atomic E-state index is -0.0997. The zero-order valence-corrected chi connectivity index (χ0v) is 14.6. The first-order valence-electron chi connectivity index (χ1n) is 8.89. The molecule has 0 aliphatic heterocycles. The van der Waals surface area contributed by atoms with E-state index in [0.717, 1.165) is 37.1 Å². The number of hydrogen-bond donors (Lipinski definition) is 0. The predicted molar refractivity (Wildman–Crippen MR) is 93.8 cm³/mol. The SMILES string of the molecule is Cc1cc(C)n([C@@H]2CCCC[C@@H]2OC(=O)CCc2ccccc2)n1. The molecule has 1 heterocycles. The van der Waals surface area contributed by atoms with Gasteiger partial charge in [-0.3, -0.25) is 9.48 Å². The van der Waals surface area contributed by atoms with Gasteiger partial charge in [0.15, 0.2) is 0 Å². The van der Waals surface area contributed by atoms with Gasteiger partial charge in [0.05, 0.1) is 11.7 Å². The van der Waals surface area contributed by atoms with Crippen molar-refractivity contribution in [1.29, 1.82) is 0 Å². The van der Waals surface area contributed by atoms with Crippen molar-refractivity contribution >= 4 is 5.97 Å². The van der Waals surface area contributed by atoms with Crippen molar-refractivity contribution in [3.05, 3.63) is 53.3 Å². The Morgan fingerprint density at radius 2 is 1.96 bits per heavy atom. The first kappa shape index (κ1) is 16.7. The van der Waals surface area contributed by atoms with E-state index in [4.69, 9.17) is 4.74 Å². The number of rotatable bonds is 5. The van der Waals surface area contributed by atoms with E-state index in [9.17, 15) is 4.79 Å². The van der Waals surface area contributed by atoms with Crippen LogP contribution in [0.25, 0.3) is 0 Å². The largest absolute Gasteiger partial charge is 0.460 e. The maximum atomic E-state index is 12.3. The molecule has 1 saturated carbocycles. The second-order valence-electron chi connectivity index (χ2n) is 6.74. The Balaban J connectivity index is 1.61. The smallest absolute Gasteiger partial charge is 0.306 e. The van der Waals surface area contributed by atoms with E-state index in [1.165, 1.54) is 12.0 Å². The van der Waals surface area contributed by atoms with E-state index in [-0.39, 0.29) is 18.1 Å². The highest BCUT2D eigenvalue weighted by Gasteiger charge is 2.31. The quantitative estimate of drug-likeness (QED) is 0.775. The lowest BCUT2D eigenvalue weighted by atomic mass is 9.92. The second-order valence-corrected chi connectivity index (χ2v) is 6.74. The molecule has 0 radical (unpaired) electrons. The molecule has 24 heavy (non-hydrogen) atoms. The third kappa shape index (κ3) is 4.05. The van der Waals surface area contributed by atoms with Gasteiger partial charge in [-0.15, -0.1) is 0 Å². The lowest BCUT2D eigenvalue weighted by molar-refractivity contribution is -0.153. The van der Waals surface area contributed by atoms with Crippen LogP contribution in [0, 0.1) is 13.8 Å². The van der Waals surface area contributed by atoms with Gasteiger partial charge in [-0.05, 0) is 51.2 Å². The molecule has 1 aromatic carbocycles. The second kappa shape index (κ2) is 7.65. The molecule has 1 aliphatic carbocycles. The standard InChI is InChI=1S/C20H26N2O2/c1-15-14-16(2)22(21-15)18-10-6-7-11-19(18)24-20(23)13-12-17-8-4-3-5-9-17/h3-5,8-9,14,18-19H,6-7,10-13H2,1-2H3/t18-,19+/m1/s1. The molecule has 2 aromatic rings. The van der Waals surface area contributed by atoms with Crippen molar-refractivity contribution in [2.24, 2.45) is 0 Å². The third-order valence-corrected chi connectivity index (χ3v) is 4.77. The molecule has 0 saturated heterocycles. The van der Waals surface area contributed by atoms with Gasteiger partial charge < -0.3 is 4.74 Å². The van der Waals surface area contributed by atoms with E-state index in [0.29, 0.717) is 6.42 Å². The first-order chi connectivity index (χ1) is 11.6. The van der Waals surface area contributed by atoms with Crippen LogP contribution in [0.4, 0.5) is 0 Å². The van der Waals surface area contributed by atoms with Crippen LogP contribution in [0.3, 0.4) is 0 Å². The first-order valence-corrected chi connectivity index (χ1v) is 8.89. The Morgan fingerprint density at radius 3 is 2.67 bits per heavy atom. The Morgan fingerprint density at radius 1 is 1.21 bits per heavy atom. The molecule has 1 fully saturated rings. The van der Waals surface area contributed by atoms with E-state index in [2.05, 4.69) is 22.8 Å². The maximum absolute atomic E-state index is 12.3. The summed E-state index contributed by atoms with van der Waals surface area (Å²) in [5, 5.41) is 4.61. The van der Waals surface area contributed by atoms with E-state index < -0.39 is 0 Å². The number of aromatic nitrogens is 2. The minimum absolute atomic E-state index is 0.0555. The Labute approximate surface area is 143 Å². The highest BCUT2D eigenvalue weighted by molar-refractivity contribution is 5.70. The number of nitrogens with zero attached hydrogens (tertiary/aromatic N) is 2. The van der Waals surface area contributed by atoms with Crippen LogP contribution < -0.4 is 0 Å².